The molecule has 0 spiro atoms. The van der Waals surface area contributed by atoms with Gasteiger partial charge in [0, 0.05) is 6.26 Å². The second-order valence-corrected chi connectivity index (χ2v) is 7.75. The van der Waals surface area contributed by atoms with E-state index in [0.717, 1.165) is 11.1 Å². The number of rotatable bonds is 6. The normalized spacial score (nSPS) is 13.2. The van der Waals surface area contributed by atoms with Crippen LogP contribution in [0.2, 0.25) is 0 Å². The Morgan fingerprint density at radius 2 is 1.80 bits per heavy atom. The Bertz CT molecular complexity index is 554. The molecule has 0 aliphatic heterocycles. The second kappa shape index (κ2) is 7.16. The van der Waals surface area contributed by atoms with Gasteiger partial charge in [-0.15, -0.1) is 0 Å². The van der Waals surface area contributed by atoms with Crippen LogP contribution in [0, 0.1) is 0 Å². The molecule has 1 aromatic carbocycles. The number of methoxy groups -OCH3 is 1. The molecule has 7 heteroatoms. The van der Waals surface area contributed by atoms with Crippen LogP contribution in [0.4, 0.5) is 0 Å². The molecular formula is C13H20NO4PS. The lowest BCUT2D eigenvalue weighted by atomic mass is 10.0. The number of esters is 1. The van der Waals surface area contributed by atoms with E-state index < -0.39 is 9.84 Å². The molecule has 112 valence electrons. The average Bonchev–Trinajstić information content (AvgIpc) is 2.34. The molecule has 2 atom stereocenters. The van der Waals surface area contributed by atoms with Gasteiger partial charge in [-0.2, -0.15) is 0 Å². The highest BCUT2D eigenvalue weighted by atomic mass is 32.2. The van der Waals surface area contributed by atoms with Crippen molar-refractivity contribution in [1.29, 1.82) is 0 Å². The highest BCUT2D eigenvalue weighted by Crippen LogP contribution is 2.14. The average molecular weight is 317 g/mol. The molecule has 0 aliphatic carbocycles. The van der Waals surface area contributed by atoms with Gasteiger partial charge in [0.2, 0.25) is 0 Å². The summed E-state index contributed by atoms with van der Waals surface area (Å²) in [5, 5.41) is 0. The van der Waals surface area contributed by atoms with Gasteiger partial charge in [-0.3, -0.25) is 9.46 Å². The van der Waals surface area contributed by atoms with Gasteiger partial charge in [0.05, 0.1) is 12.9 Å². The van der Waals surface area contributed by atoms with Crippen LogP contribution >= 0.6 is 9.39 Å². The zero-order valence-corrected chi connectivity index (χ0v) is 13.8. The van der Waals surface area contributed by atoms with Crippen molar-refractivity contribution in [3.63, 3.8) is 0 Å². The Morgan fingerprint density at radius 3 is 2.20 bits per heavy atom. The van der Waals surface area contributed by atoms with E-state index in [-0.39, 0.29) is 17.8 Å². The van der Waals surface area contributed by atoms with Gasteiger partial charge < -0.3 is 4.74 Å². The van der Waals surface area contributed by atoms with Gasteiger partial charge in [0.1, 0.15) is 6.04 Å². The molecule has 0 heterocycles. The standard InChI is InChI=1S/C13H20NO4PS/c1-14(19)12(13(15)18-2)8-10-4-6-11(7-5-10)9-20(3,16)17/h4-7,12H,8-9,19H2,1-3H3/t12-/m0/s1. The zero-order valence-electron chi connectivity index (χ0n) is 11.9. The molecule has 0 aliphatic rings. The molecule has 0 amide bonds. The Kier molecular flexibility index (Phi) is 6.11. The number of likely N-dealkylation sites (N-methyl/N-ethyl adjacent to an activating group) is 1. The highest BCUT2D eigenvalue weighted by Gasteiger charge is 2.21. The quantitative estimate of drug-likeness (QED) is 0.579. The molecule has 0 aromatic heterocycles. The van der Waals surface area contributed by atoms with Crippen molar-refractivity contribution in [1.82, 2.24) is 4.67 Å². The molecule has 0 saturated heterocycles. The minimum atomic E-state index is -3.03. The van der Waals surface area contributed by atoms with Crippen LogP contribution in [0.25, 0.3) is 0 Å². The van der Waals surface area contributed by atoms with Crippen molar-refractivity contribution in [2.45, 2.75) is 18.2 Å². The Hall–Kier alpha value is -0.970. The predicted octanol–water partition coefficient (Wildman–Crippen LogP) is 1.04. The lowest BCUT2D eigenvalue weighted by Crippen LogP contribution is -2.35. The van der Waals surface area contributed by atoms with Crippen molar-refractivity contribution in [2.75, 3.05) is 20.4 Å². The van der Waals surface area contributed by atoms with E-state index in [1.165, 1.54) is 13.4 Å². The fourth-order valence-electron chi connectivity index (χ4n) is 1.83. The summed E-state index contributed by atoms with van der Waals surface area (Å²) in [6.45, 7) is 0. The SMILES string of the molecule is COC(=O)[C@H](Cc1ccc(CS(C)(=O)=O)cc1)N(C)P. The fourth-order valence-corrected chi connectivity index (χ4v) is 2.85. The number of carbonyl (C=O) groups excluding carboxylic acids is 1. The van der Waals surface area contributed by atoms with E-state index in [2.05, 4.69) is 9.39 Å². The molecule has 1 aromatic rings. The van der Waals surface area contributed by atoms with Gasteiger partial charge >= 0.3 is 5.97 Å². The Balaban J connectivity index is 2.80. The summed E-state index contributed by atoms with van der Waals surface area (Å²) >= 11 is 0. The van der Waals surface area contributed by atoms with Crippen molar-refractivity contribution in [2.24, 2.45) is 0 Å². The first-order chi connectivity index (χ1) is 9.23. The lowest BCUT2D eigenvalue weighted by molar-refractivity contribution is -0.144. The highest BCUT2D eigenvalue weighted by molar-refractivity contribution is 7.89. The van der Waals surface area contributed by atoms with Crippen LogP contribution in [-0.4, -0.2) is 45.5 Å². The van der Waals surface area contributed by atoms with E-state index >= 15 is 0 Å². The van der Waals surface area contributed by atoms with Crippen molar-refractivity contribution in [3.8, 4) is 0 Å². The molecule has 5 nitrogen and oxygen atoms in total. The van der Waals surface area contributed by atoms with Gasteiger partial charge in [-0.1, -0.05) is 33.7 Å². The van der Waals surface area contributed by atoms with Gasteiger partial charge in [0.25, 0.3) is 0 Å². The fraction of sp³-hybridized carbons (Fsp3) is 0.462. The summed E-state index contributed by atoms with van der Waals surface area (Å²) in [4.78, 5) is 11.7. The molecule has 20 heavy (non-hydrogen) atoms. The summed E-state index contributed by atoms with van der Waals surface area (Å²) in [5.74, 6) is -0.278. The van der Waals surface area contributed by atoms with Crippen molar-refractivity contribution >= 4 is 25.2 Å². The zero-order chi connectivity index (χ0) is 15.3. The van der Waals surface area contributed by atoms with E-state index in [9.17, 15) is 13.2 Å². The monoisotopic (exact) mass is 317 g/mol. The number of sulfone groups is 1. The summed E-state index contributed by atoms with van der Waals surface area (Å²) < 4.78 is 28.9. The number of carbonyl (C=O) groups is 1. The Labute approximate surface area is 122 Å². The van der Waals surface area contributed by atoms with Crippen LogP contribution in [-0.2, 0) is 31.5 Å². The van der Waals surface area contributed by atoms with Crippen molar-refractivity contribution in [3.05, 3.63) is 35.4 Å². The summed E-state index contributed by atoms with van der Waals surface area (Å²) in [5.41, 5.74) is 1.69. The summed E-state index contributed by atoms with van der Waals surface area (Å²) in [6.07, 6.45) is 1.71. The lowest BCUT2D eigenvalue weighted by Gasteiger charge is -2.21. The summed E-state index contributed by atoms with van der Waals surface area (Å²) in [6, 6.07) is 6.83. The second-order valence-electron chi connectivity index (χ2n) is 4.80. The van der Waals surface area contributed by atoms with E-state index in [1.807, 2.05) is 12.1 Å². The number of hydrogen-bond donors (Lipinski definition) is 0. The van der Waals surface area contributed by atoms with Crippen LogP contribution in [0.3, 0.4) is 0 Å². The number of hydrogen-bond acceptors (Lipinski definition) is 5. The minimum absolute atomic E-state index is 0.0250. The third-order valence-electron chi connectivity index (χ3n) is 2.85. The minimum Gasteiger partial charge on any atom is -0.468 e. The molecule has 0 N–H and O–H groups in total. The van der Waals surface area contributed by atoms with Gasteiger partial charge in [-0.05, 0) is 24.6 Å². The van der Waals surface area contributed by atoms with Crippen LogP contribution in [0.5, 0.6) is 0 Å². The number of nitrogens with zero attached hydrogens (tertiary/aromatic N) is 1. The van der Waals surface area contributed by atoms with E-state index in [4.69, 9.17) is 4.74 Å². The molecular weight excluding hydrogens is 297 g/mol. The number of benzene rings is 1. The third kappa shape index (κ3) is 5.57. The van der Waals surface area contributed by atoms with Gasteiger partial charge in [-0.25, -0.2) is 8.42 Å². The maximum Gasteiger partial charge on any atom is 0.323 e. The molecule has 0 bridgehead atoms. The van der Waals surface area contributed by atoms with E-state index in [1.54, 1.807) is 23.9 Å². The van der Waals surface area contributed by atoms with Crippen LogP contribution < -0.4 is 0 Å². The number of ether oxygens (including phenoxy) is 1. The summed E-state index contributed by atoms with van der Waals surface area (Å²) in [7, 11) is 2.57. The first-order valence-electron chi connectivity index (χ1n) is 6.04. The maximum atomic E-state index is 11.7. The first kappa shape index (κ1) is 17.1. The molecule has 1 unspecified atom stereocenters. The molecule has 0 fully saturated rings. The topological polar surface area (TPSA) is 63.7 Å². The van der Waals surface area contributed by atoms with E-state index in [0.29, 0.717) is 6.42 Å². The third-order valence-corrected chi connectivity index (χ3v) is 4.06. The maximum absolute atomic E-state index is 11.7. The molecule has 0 radical (unpaired) electrons. The molecule has 0 saturated carbocycles. The van der Waals surface area contributed by atoms with Crippen LogP contribution in [0.15, 0.2) is 24.3 Å². The predicted molar refractivity (Wildman–Crippen MR) is 82.0 cm³/mol. The van der Waals surface area contributed by atoms with Crippen molar-refractivity contribution < 1.29 is 17.9 Å². The van der Waals surface area contributed by atoms with Crippen LogP contribution in [0.1, 0.15) is 11.1 Å². The first-order valence-corrected chi connectivity index (χ1v) is 8.61. The Morgan fingerprint density at radius 1 is 1.30 bits per heavy atom. The largest absolute Gasteiger partial charge is 0.468 e. The smallest absolute Gasteiger partial charge is 0.323 e. The van der Waals surface area contributed by atoms with Gasteiger partial charge in [0.15, 0.2) is 9.84 Å². The molecule has 1 rings (SSSR count).